The second-order valence-corrected chi connectivity index (χ2v) is 9.07. The Labute approximate surface area is 167 Å². The maximum atomic E-state index is 14.2. The highest BCUT2D eigenvalue weighted by Crippen LogP contribution is 2.43. The van der Waals surface area contributed by atoms with Gasteiger partial charge in [0, 0.05) is 4.90 Å². The number of nitrogens with zero attached hydrogens (tertiary/aromatic N) is 2. The highest BCUT2D eigenvalue weighted by atomic mass is 32.2. The van der Waals surface area contributed by atoms with Gasteiger partial charge in [-0.3, -0.25) is 14.0 Å². The molecule has 3 atom stereocenters. The van der Waals surface area contributed by atoms with Crippen molar-refractivity contribution in [1.29, 1.82) is 0 Å². The first-order chi connectivity index (χ1) is 13.3. The first-order valence-electron chi connectivity index (χ1n) is 8.08. The van der Waals surface area contributed by atoms with E-state index in [2.05, 4.69) is 4.99 Å². The molecule has 0 N–H and O–H groups in total. The quantitative estimate of drug-likeness (QED) is 0.641. The molecule has 0 spiro atoms. The van der Waals surface area contributed by atoms with Crippen LogP contribution in [0.4, 0.5) is 36.4 Å². The zero-order valence-electron chi connectivity index (χ0n) is 14.6. The zero-order valence-corrected chi connectivity index (χ0v) is 16.2. The van der Waals surface area contributed by atoms with Gasteiger partial charge in [0.25, 0.3) is 0 Å². The fourth-order valence-corrected chi connectivity index (χ4v) is 5.32. The highest BCUT2D eigenvalue weighted by molar-refractivity contribution is 8.02. The molecule has 0 radical (unpaired) electrons. The van der Waals surface area contributed by atoms with Crippen LogP contribution in [-0.4, -0.2) is 62.4 Å². The van der Waals surface area contributed by atoms with Crippen molar-refractivity contribution in [3.63, 3.8) is 0 Å². The van der Waals surface area contributed by atoms with E-state index in [1.165, 1.54) is 6.92 Å². The van der Waals surface area contributed by atoms with Crippen LogP contribution in [0.3, 0.4) is 0 Å². The van der Waals surface area contributed by atoms with Gasteiger partial charge in [-0.05, 0) is 24.6 Å². The summed E-state index contributed by atoms with van der Waals surface area (Å²) in [5, 5.41) is -0.542. The highest BCUT2D eigenvalue weighted by Gasteiger charge is 2.57. The molecule has 13 heteroatoms. The molecular weight excluding hydrogens is 449 g/mol. The average molecular weight is 462 g/mol. The van der Waals surface area contributed by atoms with Crippen molar-refractivity contribution in [2.24, 2.45) is 4.99 Å². The van der Waals surface area contributed by atoms with E-state index in [4.69, 9.17) is 0 Å². The third kappa shape index (κ3) is 5.11. The SMILES string of the molecule is Cc1cc(F)c(N=C2C3SCC(=O)N(CC(F)(F)F)C23)cc1S(=O)CC(F)(F)F. The van der Waals surface area contributed by atoms with Gasteiger partial charge < -0.3 is 4.90 Å². The second-order valence-electron chi connectivity index (χ2n) is 6.52. The van der Waals surface area contributed by atoms with Gasteiger partial charge in [-0.15, -0.1) is 11.8 Å². The number of fused-ring (bicyclic) bond motifs is 1. The maximum absolute atomic E-state index is 14.2. The number of aliphatic imine (C=N–C) groups is 1. The van der Waals surface area contributed by atoms with E-state index in [-0.39, 0.29) is 21.9 Å². The van der Waals surface area contributed by atoms with E-state index < -0.39 is 64.2 Å². The third-order valence-corrected chi connectivity index (χ3v) is 6.99. The lowest BCUT2D eigenvalue weighted by molar-refractivity contribution is -0.160. The topological polar surface area (TPSA) is 49.7 Å². The van der Waals surface area contributed by atoms with Crippen molar-refractivity contribution in [2.45, 2.75) is 35.5 Å². The van der Waals surface area contributed by atoms with Crippen LogP contribution in [0.25, 0.3) is 0 Å². The fraction of sp³-hybridized carbons (Fsp3) is 0.500. The standard InChI is InChI=1S/C16H13F7N2O2S2/c1-7-2-8(17)9(3-10(7)29(27)6-16(21,22)23)24-12-13-14(12)28-4-11(26)25(13)5-15(18,19)20/h2-3,13-14H,4-6H2,1H3. The molecule has 3 rings (SSSR count). The third-order valence-electron chi connectivity index (χ3n) is 4.20. The first kappa shape index (κ1) is 22.1. The number of halogens is 7. The van der Waals surface area contributed by atoms with Gasteiger partial charge in [-0.25, -0.2) is 4.39 Å². The molecule has 1 saturated heterocycles. The second kappa shape index (κ2) is 7.56. The van der Waals surface area contributed by atoms with Crippen molar-refractivity contribution < 1.29 is 39.7 Å². The smallest absolute Gasteiger partial charge is 0.323 e. The summed E-state index contributed by atoms with van der Waals surface area (Å²) in [7, 11) is -2.49. The number of carbonyl (C=O) groups is 1. The van der Waals surface area contributed by atoms with Crippen molar-refractivity contribution in [2.75, 3.05) is 18.1 Å². The molecule has 1 heterocycles. The van der Waals surface area contributed by atoms with E-state index in [0.29, 0.717) is 4.90 Å². The molecule has 2 aliphatic rings. The lowest BCUT2D eigenvalue weighted by Gasteiger charge is -2.26. The average Bonchev–Trinajstić information content (AvgIpc) is 3.23. The van der Waals surface area contributed by atoms with Gasteiger partial charge in [0.05, 0.1) is 39.2 Å². The molecule has 4 nitrogen and oxygen atoms in total. The summed E-state index contributed by atoms with van der Waals surface area (Å²) in [5.41, 5.74) is -0.267. The van der Waals surface area contributed by atoms with Crippen molar-refractivity contribution in [3.8, 4) is 0 Å². The molecule has 1 aliphatic heterocycles. The van der Waals surface area contributed by atoms with E-state index in [1.54, 1.807) is 0 Å². The summed E-state index contributed by atoms with van der Waals surface area (Å²) in [5.74, 6) is -3.45. The van der Waals surface area contributed by atoms with E-state index in [0.717, 1.165) is 23.9 Å². The normalized spacial score (nSPS) is 24.6. The number of aryl methyl sites for hydroxylation is 1. The molecule has 3 unspecified atom stereocenters. The summed E-state index contributed by atoms with van der Waals surface area (Å²) in [6.45, 7) is -0.177. The van der Waals surface area contributed by atoms with Gasteiger partial charge in [0.1, 0.15) is 18.1 Å². The van der Waals surface area contributed by atoms with Crippen LogP contribution in [-0.2, 0) is 15.6 Å². The Hall–Kier alpha value is -1.63. The van der Waals surface area contributed by atoms with Crippen LogP contribution in [0.1, 0.15) is 5.56 Å². The Bertz CT molecular complexity index is 898. The Morgan fingerprint density at radius 1 is 1.21 bits per heavy atom. The molecule has 1 aromatic rings. The number of alkyl halides is 6. The van der Waals surface area contributed by atoms with Crippen molar-refractivity contribution in [1.82, 2.24) is 4.90 Å². The molecule has 0 aromatic heterocycles. The number of amides is 1. The summed E-state index contributed by atoms with van der Waals surface area (Å²) in [6.07, 6.45) is -9.31. The van der Waals surface area contributed by atoms with Crippen LogP contribution < -0.4 is 0 Å². The Morgan fingerprint density at radius 2 is 1.86 bits per heavy atom. The Kier molecular flexibility index (Phi) is 5.75. The van der Waals surface area contributed by atoms with Gasteiger partial charge in [-0.1, -0.05) is 0 Å². The molecule has 1 saturated carbocycles. The number of thioether (sulfide) groups is 1. The molecule has 1 aromatic carbocycles. The van der Waals surface area contributed by atoms with Crippen LogP contribution in [0.15, 0.2) is 22.0 Å². The van der Waals surface area contributed by atoms with Crippen LogP contribution >= 0.6 is 11.8 Å². The minimum Gasteiger partial charge on any atom is -0.323 e. The van der Waals surface area contributed by atoms with Gasteiger partial charge in [0.2, 0.25) is 5.91 Å². The lowest BCUT2D eigenvalue weighted by atomic mass is 10.2. The molecule has 160 valence electrons. The Balaban J connectivity index is 1.90. The number of hydrogen-bond acceptors (Lipinski definition) is 4. The van der Waals surface area contributed by atoms with Gasteiger partial charge >= 0.3 is 12.4 Å². The number of benzene rings is 1. The predicted octanol–water partition coefficient (Wildman–Crippen LogP) is 3.77. The number of carbonyl (C=O) groups excluding carboxylic acids is 1. The number of rotatable bonds is 4. The zero-order chi connectivity index (χ0) is 21.7. The largest absolute Gasteiger partial charge is 0.406 e. The van der Waals surface area contributed by atoms with E-state index in [1.807, 2.05) is 0 Å². The summed E-state index contributed by atoms with van der Waals surface area (Å²) < 4.78 is 102. The van der Waals surface area contributed by atoms with Gasteiger partial charge in [-0.2, -0.15) is 26.3 Å². The minimum absolute atomic E-state index is 0.0329. The number of hydrogen-bond donors (Lipinski definition) is 0. The van der Waals surface area contributed by atoms with Gasteiger partial charge in [0.15, 0.2) is 0 Å². The molecule has 1 aliphatic carbocycles. The maximum Gasteiger partial charge on any atom is 0.406 e. The predicted molar refractivity (Wildman–Crippen MR) is 93.4 cm³/mol. The molecule has 0 bridgehead atoms. The molecule has 2 fully saturated rings. The summed E-state index contributed by atoms with van der Waals surface area (Å²) >= 11 is 1.06. The molecule has 29 heavy (non-hydrogen) atoms. The first-order valence-corrected chi connectivity index (χ1v) is 10.4. The molecule has 1 amide bonds. The monoisotopic (exact) mass is 462 g/mol. The lowest BCUT2D eigenvalue weighted by Crippen LogP contribution is -2.44. The van der Waals surface area contributed by atoms with E-state index >= 15 is 0 Å². The van der Waals surface area contributed by atoms with E-state index in [9.17, 15) is 39.7 Å². The van der Waals surface area contributed by atoms with Crippen molar-refractivity contribution >= 4 is 39.9 Å². The fourth-order valence-electron chi connectivity index (χ4n) is 2.96. The minimum atomic E-state index is -4.70. The summed E-state index contributed by atoms with van der Waals surface area (Å²) in [4.78, 5) is 16.1. The van der Waals surface area contributed by atoms with Crippen LogP contribution in [0.2, 0.25) is 0 Å². The van der Waals surface area contributed by atoms with Crippen molar-refractivity contribution in [3.05, 3.63) is 23.5 Å². The summed E-state index contributed by atoms with van der Waals surface area (Å²) in [6, 6.07) is 0.832. The Morgan fingerprint density at radius 3 is 2.45 bits per heavy atom. The molecular formula is C16H13F7N2O2S2. The van der Waals surface area contributed by atoms with Crippen LogP contribution in [0.5, 0.6) is 0 Å². The van der Waals surface area contributed by atoms with Crippen LogP contribution in [0, 0.1) is 12.7 Å².